The zero-order valence-electron chi connectivity index (χ0n) is 18.5. The Balaban J connectivity index is 0.00000272. The lowest BCUT2D eigenvalue weighted by molar-refractivity contribution is -0.122. The fraction of sp³-hybridized carbons (Fsp3) is 0.500. The van der Waals surface area contributed by atoms with Gasteiger partial charge in [0.1, 0.15) is 11.8 Å². The van der Waals surface area contributed by atoms with Crippen molar-refractivity contribution in [1.82, 2.24) is 14.2 Å². The predicted octanol–water partition coefficient (Wildman–Crippen LogP) is 2.07. The summed E-state index contributed by atoms with van der Waals surface area (Å²) >= 11 is 1.43. The number of primary amides is 1. The van der Waals surface area contributed by atoms with Crippen molar-refractivity contribution in [3.8, 4) is 5.75 Å². The summed E-state index contributed by atoms with van der Waals surface area (Å²) in [5.41, 5.74) is 6.29. The standard InChI is InChI=1S/C20H28N4O5S2.2ClH/c1-15-22-16(14-30-15)13-24(31(26,27)18-5-3-17(28-2)4-6-18)19(20(21)25)7-8-23-9-11-29-12-10-23;;/h3-6,14,19H,7-13H2,1-2H3,(H2,21,25);2*1H. The van der Waals surface area contributed by atoms with Gasteiger partial charge in [-0.1, -0.05) is 0 Å². The number of methoxy groups -OCH3 is 1. The minimum atomic E-state index is -4.01. The second kappa shape index (κ2) is 13.4. The average Bonchev–Trinajstić information content (AvgIpc) is 3.18. The Morgan fingerprint density at radius 1 is 1.27 bits per heavy atom. The van der Waals surface area contributed by atoms with E-state index in [0.29, 0.717) is 31.2 Å². The van der Waals surface area contributed by atoms with Crippen LogP contribution < -0.4 is 10.5 Å². The smallest absolute Gasteiger partial charge is 0.244 e. The number of sulfonamides is 1. The lowest BCUT2D eigenvalue weighted by Crippen LogP contribution is -2.49. The number of thiazole rings is 1. The molecule has 2 N–H and O–H groups in total. The van der Waals surface area contributed by atoms with E-state index in [1.165, 1.54) is 34.9 Å². The summed E-state index contributed by atoms with van der Waals surface area (Å²) in [6.45, 7) is 5.07. The normalized spacial score (nSPS) is 15.4. The van der Waals surface area contributed by atoms with E-state index in [9.17, 15) is 13.2 Å². The number of morpholine rings is 1. The van der Waals surface area contributed by atoms with E-state index in [0.717, 1.165) is 18.1 Å². The van der Waals surface area contributed by atoms with Crippen LogP contribution in [0.2, 0.25) is 0 Å². The lowest BCUT2D eigenvalue weighted by atomic mass is 10.1. The molecule has 1 atom stereocenters. The van der Waals surface area contributed by atoms with Gasteiger partial charge in [-0.25, -0.2) is 13.4 Å². The van der Waals surface area contributed by atoms with Crippen LogP contribution in [-0.2, 0) is 26.1 Å². The fourth-order valence-corrected chi connectivity index (χ4v) is 5.65. The number of hydrogen-bond acceptors (Lipinski definition) is 8. The van der Waals surface area contributed by atoms with Crippen molar-refractivity contribution >= 4 is 52.1 Å². The van der Waals surface area contributed by atoms with Crippen molar-refractivity contribution < 1.29 is 22.7 Å². The van der Waals surface area contributed by atoms with Crippen molar-refractivity contribution in [2.75, 3.05) is 40.0 Å². The highest BCUT2D eigenvalue weighted by atomic mass is 35.5. The molecule has 1 aliphatic heterocycles. The monoisotopic (exact) mass is 540 g/mol. The van der Waals surface area contributed by atoms with Gasteiger partial charge in [0.05, 0.1) is 42.5 Å². The summed E-state index contributed by atoms with van der Waals surface area (Å²) in [6.07, 6.45) is 0.286. The van der Waals surface area contributed by atoms with E-state index in [4.69, 9.17) is 15.2 Å². The number of ether oxygens (including phenoxy) is 2. The summed E-state index contributed by atoms with van der Waals surface area (Å²) in [7, 11) is -2.50. The minimum Gasteiger partial charge on any atom is -0.497 e. The molecule has 1 aromatic heterocycles. The number of nitrogens with zero attached hydrogens (tertiary/aromatic N) is 3. The Morgan fingerprint density at radius 3 is 2.42 bits per heavy atom. The first-order valence-electron chi connectivity index (χ1n) is 9.97. The Morgan fingerprint density at radius 2 is 1.91 bits per heavy atom. The molecule has 13 heteroatoms. The molecule has 186 valence electrons. The zero-order chi connectivity index (χ0) is 22.4. The van der Waals surface area contributed by atoms with Gasteiger partial charge in [0.2, 0.25) is 15.9 Å². The largest absolute Gasteiger partial charge is 0.497 e. The molecule has 1 unspecified atom stereocenters. The Labute approximate surface area is 211 Å². The molecule has 2 aromatic rings. The molecule has 0 aliphatic carbocycles. The van der Waals surface area contributed by atoms with Crippen molar-refractivity contribution in [3.05, 3.63) is 40.3 Å². The van der Waals surface area contributed by atoms with Crippen LogP contribution in [0.4, 0.5) is 0 Å². The van der Waals surface area contributed by atoms with Crippen LogP contribution in [-0.4, -0.2) is 74.5 Å². The molecule has 0 bridgehead atoms. The third-order valence-corrected chi connectivity index (χ3v) is 7.84. The third-order valence-electron chi connectivity index (χ3n) is 5.15. The van der Waals surface area contributed by atoms with Crippen molar-refractivity contribution in [1.29, 1.82) is 0 Å². The van der Waals surface area contributed by atoms with Crippen molar-refractivity contribution in [2.24, 2.45) is 5.73 Å². The van der Waals surface area contributed by atoms with Crippen LogP contribution in [0.3, 0.4) is 0 Å². The molecule has 1 amide bonds. The van der Waals surface area contributed by atoms with Crippen molar-refractivity contribution in [2.45, 2.75) is 30.8 Å². The summed E-state index contributed by atoms with van der Waals surface area (Å²) in [5, 5.41) is 2.62. The first kappa shape index (κ1) is 29.6. The van der Waals surface area contributed by atoms with Gasteiger partial charge in [-0.3, -0.25) is 9.69 Å². The molecule has 9 nitrogen and oxygen atoms in total. The van der Waals surface area contributed by atoms with Gasteiger partial charge in [-0.2, -0.15) is 4.31 Å². The lowest BCUT2D eigenvalue weighted by Gasteiger charge is -2.32. The van der Waals surface area contributed by atoms with E-state index in [1.807, 2.05) is 6.92 Å². The van der Waals surface area contributed by atoms with E-state index in [1.54, 1.807) is 17.5 Å². The first-order chi connectivity index (χ1) is 14.8. The van der Waals surface area contributed by atoms with Gasteiger partial charge in [0.15, 0.2) is 0 Å². The molecule has 0 spiro atoms. The molecule has 1 aromatic carbocycles. The number of carbonyl (C=O) groups excluding carboxylic acids is 1. The summed E-state index contributed by atoms with van der Waals surface area (Å²) in [6, 6.07) is 5.08. The van der Waals surface area contributed by atoms with E-state index >= 15 is 0 Å². The zero-order valence-corrected chi connectivity index (χ0v) is 21.8. The van der Waals surface area contributed by atoms with Gasteiger partial charge < -0.3 is 15.2 Å². The third kappa shape index (κ3) is 7.78. The van der Waals surface area contributed by atoms with Gasteiger partial charge in [-0.15, -0.1) is 36.2 Å². The van der Waals surface area contributed by atoms with Crippen LogP contribution >= 0.6 is 36.2 Å². The predicted molar refractivity (Wildman–Crippen MR) is 132 cm³/mol. The van der Waals surface area contributed by atoms with Crippen LogP contribution in [0.15, 0.2) is 34.5 Å². The molecule has 1 aliphatic rings. The molecule has 1 saturated heterocycles. The van der Waals surface area contributed by atoms with E-state index in [-0.39, 0.29) is 42.7 Å². The highest BCUT2D eigenvalue weighted by Crippen LogP contribution is 2.25. The molecule has 2 heterocycles. The van der Waals surface area contributed by atoms with Crippen LogP contribution in [0.1, 0.15) is 17.1 Å². The van der Waals surface area contributed by atoms with Crippen LogP contribution in [0.5, 0.6) is 5.75 Å². The number of aromatic nitrogens is 1. The Bertz CT molecular complexity index is 983. The average molecular weight is 542 g/mol. The van der Waals surface area contributed by atoms with Gasteiger partial charge in [0, 0.05) is 25.0 Å². The number of aryl methyl sites for hydroxylation is 1. The Hall–Kier alpha value is -1.47. The number of nitrogens with two attached hydrogens (primary N) is 1. The maximum atomic E-state index is 13.6. The molecule has 1 fully saturated rings. The number of carbonyl (C=O) groups is 1. The van der Waals surface area contributed by atoms with E-state index in [2.05, 4.69) is 9.88 Å². The number of hydrogen-bond donors (Lipinski definition) is 1. The molecule has 33 heavy (non-hydrogen) atoms. The maximum absolute atomic E-state index is 13.6. The van der Waals surface area contributed by atoms with Crippen LogP contribution in [0.25, 0.3) is 0 Å². The fourth-order valence-electron chi connectivity index (χ4n) is 3.44. The summed E-state index contributed by atoms with van der Waals surface area (Å²) in [5.74, 6) is -0.142. The highest BCUT2D eigenvalue weighted by Gasteiger charge is 2.35. The molecular formula is C20H30Cl2N4O5S2. The number of amides is 1. The first-order valence-corrected chi connectivity index (χ1v) is 12.3. The topological polar surface area (TPSA) is 115 Å². The highest BCUT2D eigenvalue weighted by molar-refractivity contribution is 7.89. The molecule has 0 radical (unpaired) electrons. The van der Waals surface area contributed by atoms with Crippen LogP contribution in [0, 0.1) is 6.92 Å². The second-order valence-electron chi connectivity index (χ2n) is 7.24. The van der Waals surface area contributed by atoms with Gasteiger partial charge in [-0.05, 0) is 37.6 Å². The van der Waals surface area contributed by atoms with E-state index < -0.39 is 22.0 Å². The van der Waals surface area contributed by atoms with Gasteiger partial charge >= 0.3 is 0 Å². The summed E-state index contributed by atoms with van der Waals surface area (Å²) in [4.78, 5) is 19.0. The SMILES string of the molecule is COc1ccc(S(=O)(=O)N(Cc2csc(C)n2)C(CCN2CCOCC2)C(N)=O)cc1.Cl.Cl. The van der Waals surface area contributed by atoms with Crippen molar-refractivity contribution in [3.63, 3.8) is 0 Å². The molecular weight excluding hydrogens is 511 g/mol. The number of benzene rings is 1. The van der Waals surface area contributed by atoms with Gasteiger partial charge in [0.25, 0.3) is 0 Å². The molecule has 3 rings (SSSR count). The number of rotatable bonds is 10. The summed E-state index contributed by atoms with van der Waals surface area (Å²) < 4.78 is 38.8. The second-order valence-corrected chi connectivity index (χ2v) is 10.2. The Kier molecular flexibility index (Phi) is 12.0. The minimum absolute atomic E-state index is 0. The number of halogens is 2. The quantitative estimate of drug-likeness (QED) is 0.490. The molecule has 0 saturated carbocycles. The maximum Gasteiger partial charge on any atom is 0.244 e.